The SMILES string of the molecule is COc1cc(OC)cc(C(=O)N2CCCC2CN)c1. The van der Waals surface area contributed by atoms with Crippen molar-refractivity contribution in [3.8, 4) is 11.5 Å². The molecule has 1 unspecified atom stereocenters. The van der Waals surface area contributed by atoms with Crippen LogP contribution >= 0.6 is 0 Å². The molecule has 1 amide bonds. The first-order valence-corrected chi connectivity index (χ1v) is 6.43. The molecule has 1 atom stereocenters. The third-order valence-corrected chi connectivity index (χ3v) is 3.51. The maximum Gasteiger partial charge on any atom is 0.254 e. The van der Waals surface area contributed by atoms with Crippen molar-refractivity contribution in [2.24, 2.45) is 5.73 Å². The quantitative estimate of drug-likeness (QED) is 0.889. The van der Waals surface area contributed by atoms with Crippen LogP contribution in [0.2, 0.25) is 0 Å². The van der Waals surface area contributed by atoms with E-state index in [1.165, 1.54) is 0 Å². The van der Waals surface area contributed by atoms with Gasteiger partial charge in [-0.3, -0.25) is 4.79 Å². The summed E-state index contributed by atoms with van der Waals surface area (Å²) in [4.78, 5) is 14.4. The second kappa shape index (κ2) is 5.93. The van der Waals surface area contributed by atoms with Gasteiger partial charge in [-0.15, -0.1) is 0 Å². The Morgan fingerprint density at radius 1 is 1.32 bits per heavy atom. The van der Waals surface area contributed by atoms with E-state index in [0.717, 1.165) is 19.4 Å². The molecular formula is C14H20N2O3. The van der Waals surface area contributed by atoms with Gasteiger partial charge in [-0.1, -0.05) is 0 Å². The molecule has 1 heterocycles. The summed E-state index contributed by atoms with van der Waals surface area (Å²) in [6, 6.07) is 5.36. The minimum atomic E-state index is -0.00912. The first kappa shape index (κ1) is 13.7. The van der Waals surface area contributed by atoms with E-state index >= 15 is 0 Å². The van der Waals surface area contributed by atoms with E-state index in [1.807, 2.05) is 4.90 Å². The summed E-state index contributed by atoms with van der Waals surface area (Å²) in [7, 11) is 3.14. The molecule has 2 N–H and O–H groups in total. The van der Waals surface area contributed by atoms with E-state index in [1.54, 1.807) is 32.4 Å². The van der Waals surface area contributed by atoms with Crippen LogP contribution in [0.3, 0.4) is 0 Å². The number of hydrogen-bond acceptors (Lipinski definition) is 4. The Kier molecular flexibility index (Phi) is 4.27. The summed E-state index contributed by atoms with van der Waals surface area (Å²) in [5.41, 5.74) is 6.29. The number of amides is 1. The van der Waals surface area contributed by atoms with Crippen LogP contribution in [-0.4, -0.2) is 44.2 Å². The summed E-state index contributed by atoms with van der Waals surface area (Å²) >= 11 is 0. The highest BCUT2D eigenvalue weighted by Crippen LogP contribution is 2.26. The van der Waals surface area contributed by atoms with Crippen LogP contribution in [0, 0.1) is 0 Å². The van der Waals surface area contributed by atoms with E-state index in [-0.39, 0.29) is 11.9 Å². The number of carbonyl (C=O) groups excluding carboxylic acids is 1. The second-order valence-electron chi connectivity index (χ2n) is 4.63. The Balaban J connectivity index is 2.27. The Bertz CT molecular complexity index is 440. The lowest BCUT2D eigenvalue weighted by Gasteiger charge is -2.23. The van der Waals surface area contributed by atoms with Crippen molar-refractivity contribution in [3.63, 3.8) is 0 Å². The zero-order valence-corrected chi connectivity index (χ0v) is 11.4. The van der Waals surface area contributed by atoms with Gasteiger partial charge in [0.25, 0.3) is 5.91 Å². The van der Waals surface area contributed by atoms with Crippen LogP contribution in [0.25, 0.3) is 0 Å². The Hall–Kier alpha value is -1.75. The molecule has 1 aliphatic rings. The van der Waals surface area contributed by atoms with Crippen molar-refractivity contribution in [2.45, 2.75) is 18.9 Å². The molecule has 1 aromatic rings. The lowest BCUT2D eigenvalue weighted by Crippen LogP contribution is -2.39. The van der Waals surface area contributed by atoms with E-state index < -0.39 is 0 Å². The zero-order valence-electron chi connectivity index (χ0n) is 11.4. The molecule has 0 aromatic heterocycles. The van der Waals surface area contributed by atoms with E-state index in [9.17, 15) is 4.79 Å². The third-order valence-electron chi connectivity index (χ3n) is 3.51. The van der Waals surface area contributed by atoms with E-state index in [0.29, 0.717) is 23.6 Å². The third kappa shape index (κ3) is 2.81. The van der Waals surface area contributed by atoms with Crippen molar-refractivity contribution in [2.75, 3.05) is 27.3 Å². The Morgan fingerprint density at radius 2 is 1.95 bits per heavy atom. The zero-order chi connectivity index (χ0) is 13.8. The first-order valence-electron chi connectivity index (χ1n) is 6.43. The van der Waals surface area contributed by atoms with Crippen LogP contribution in [0.5, 0.6) is 11.5 Å². The van der Waals surface area contributed by atoms with Crippen LogP contribution in [-0.2, 0) is 0 Å². The molecule has 1 aromatic carbocycles. The highest BCUT2D eigenvalue weighted by molar-refractivity contribution is 5.95. The van der Waals surface area contributed by atoms with Crippen molar-refractivity contribution >= 4 is 5.91 Å². The van der Waals surface area contributed by atoms with Crippen molar-refractivity contribution in [1.82, 2.24) is 4.90 Å². The molecule has 1 fully saturated rings. The van der Waals surface area contributed by atoms with Gasteiger partial charge in [-0.05, 0) is 25.0 Å². The van der Waals surface area contributed by atoms with Gasteiger partial charge < -0.3 is 20.1 Å². The minimum absolute atomic E-state index is 0.00912. The average molecular weight is 264 g/mol. The van der Waals surface area contributed by atoms with Gasteiger partial charge in [0, 0.05) is 30.8 Å². The Morgan fingerprint density at radius 3 is 2.47 bits per heavy atom. The topological polar surface area (TPSA) is 64.8 Å². The van der Waals surface area contributed by atoms with Crippen LogP contribution in [0.15, 0.2) is 18.2 Å². The molecule has 0 spiro atoms. The van der Waals surface area contributed by atoms with Gasteiger partial charge in [0.05, 0.1) is 14.2 Å². The fourth-order valence-electron chi connectivity index (χ4n) is 2.44. The Labute approximate surface area is 113 Å². The number of methoxy groups -OCH3 is 2. The van der Waals surface area contributed by atoms with Gasteiger partial charge in [-0.25, -0.2) is 0 Å². The minimum Gasteiger partial charge on any atom is -0.497 e. The number of likely N-dealkylation sites (tertiary alicyclic amines) is 1. The molecule has 0 saturated carbocycles. The van der Waals surface area contributed by atoms with E-state index in [4.69, 9.17) is 15.2 Å². The first-order chi connectivity index (χ1) is 9.19. The monoisotopic (exact) mass is 264 g/mol. The van der Waals surface area contributed by atoms with Crippen molar-refractivity contribution in [1.29, 1.82) is 0 Å². The fourth-order valence-corrected chi connectivity index (χ4v) is 2.44. The lowest BCUT2D eigenvalue weighted by atomic mass is 10.1. The summed E-state index contributed by atoms with van der Waals surface area (Å²) in [5.74, 6) is 1.22. The summed E-state index contributed by atoms with van der Waals surface area (Å²) < 4.78 is 10.4. The molecule has 19 heavy (non-hydrogen) atoms. The molecule has 2 rings (SSSR count). The van der Waals surface area contributed by atoms with Crippen molar-refractivity contribution < 1.29 is 14.3 Å². The predicted octanol–water partition coefficient (Wildman–Crippen LogP) is 1.27. The van der Waals surface area contributed by atoms with Crippen LogP contribution in [0.1, 0.15) is 23.2 Å². The fraction of sp³-hybridized carbons (Fsp3) is 0.500. The standard InChI is InChI=1S/C14H20N2O3/c1-18-12-6-10(7-13(8-12)19-2)14(17)16-5-3-4-11(16)9-15/h6-8,11H,3-5,9,15H2,1-2H3. The normalized spacial score (nSPS) is 18.5. The van der Waals surface area contributed by atoms with Gasteiger partial charge >= 0.3 is 0 Å². The van der Waals surface area contributed by atoms with Crippen LogP contribution < -0.4 is 15.2 Å². The number of benzene rings is 1. The van der Waals surface area contributed by atoms with Gasteiger partial charge in [0.15, 0.2) is 0 Å². The molecular weight excluding hydrogens is 244 g/mol. The number of carbonyl (C=O) groups is 1. The summed E-state index contributed by atoms with van der Waals surface area (Å²) in [5, 5.41) is 0. The highest BCUT2D eigenvalue weighted by Gasteiger charge is 2.28. The molecule has 104 valence electrons. The van der Waals surface area contributed by atoms with Gasteiger partial charge in [-0.2, -0.15) is 0 Å². The molecule has 5 nitrogen and oxygen atoms in total. The lowest BCUT2D eigenvalue weighted by molar-refractivity contribution is 0.0740. The maximum atomic E-state index is 12.5. The van der Waals surface area contributed by atoms with Gasteiger partial charge in [0.1, 0.15) is 11.5 Å². The summed E-state index contributed by atoms with van der Waals surface area (Å²) in [6.45, 7) is 1.27. The molecule has 1 aliphatic heterocycles. The number of hydrogen-bond donors (Lipinski definition) is 1. The number of rotatable bonds is 4. The molecule has 0 bridgehead atoms. The van der Waals surface area contributed by atoms with Crippen LogP contribution in [0.4, 0.5) is 0 Å². The highest BCUT2D eigenvalue weighted by atomic mass is 16.5. The number of nitrogens with two attached hydrogens (primary N) is 1. The van der Waals surface area contributed by atoms with E-state index in [2.05, 4.69) is 0 Å². The number of nitrogens with zero attached hydrogens (tertiary/aromatic N) is 1. The second-order valence-corrected chi connectivity index (χ2v) is 4.63. The molecule has 5 heteroatoms. The molecule has 1 saturated heterocycles. The smallest absolute Gasteiger partial charge is 0.254 e. The maximum absolute atomic E-state index is 12.5. The van der Waals surface area contributed by atoms with Crippen molar-refractivity contribution in [3.05, 3.63) is 23.8 Å². The molecule has 0 aliphatic carbocycles. The largest absolute Gasteiger partial charge is 0.497 e. The number of ether oxygens (including phenoxy) is 2. The van der Waals surface area contributed by atoms with Gasteiger partial charge in [0.2, 0.25) is 0 Å². The summed E-state index contributed by atoms with van der Waals surface area (Å²) in [6.07, 6.45) is 1.98. The predicted molar refractivity (Wildman–Crippen MR) is 72.7 cm³/mol. The average Bonchev–Trinajstić information content (AvgIpc) is 2.94. The molecule has 0 radical (unpaired) electrons.